The standard InChI is InChI=1S/C24H21FN4O5S/c1-14(23(30)26-16-8-11-18(32-2)19(13-16)33-3)34-24(31)21-27-22(20-5-4-12-35-20)29(28-21)17-9-6-15(25)7-10-17/h4-14H,1-3H3,(H,26,30). The fraction of sp³-hybridized carbons (Fsp3) is 0.167. The van der Waals surface area contributed by atoms with E-state index in [4.69, 9.17) is 14.2 Å². The molecule has 1 N–H and O–H groups in total. The third-order valence-corrected chi connectivity index (χ3v) is 5.77. The molecule has 0 radical (unpaired) electrons. The molecule has 11 heteroatoms. The maximum absolute atomic E-state index is 13.4. The molecule has 0 aliphatic heterocycles. The van der Waals surface area contributed by atoms with Gasteiger partial charge < -0.3 is 19.5 Å². The van der Waals surface area contributed by atoms with Crippen molar-refractivity contribution in [2.45, 2.75) is 13.0 Å². The third-order valence-electron chi connectivity index (χ3n) is 4.91. The van der Waals surface area contributed by atoms with Gasteiger partial charge in [-0.25, -0.2) is 13.9 Å². The summed E-state index contributed by atoms with van der Waals surface area (Å²) in [6, 6.07) is 14.1. The van der Waals surface area contributed by atoms with Gasteiger partial charge in [-0.15, -0.1) is 16.4 Å². The zero-order valence-electron chi connectivity index (χ0n) is 19.0. The molecule has 0 fully saturated rings. The second-order valence-corrected chi connectivity index (χ2v) is 8.18. The van der Waals surface area contributed by atoms with Crippen LogP contribution < -0.4 is 14.8 Å². The van der Waals surface area contributed by atoms with Crippen molar-refractivity contribution in [2.75, 3.05) is 19.5 Å². The number of nitrogens with one attached hydrogen (secondary N) is 1. The van der Waals surface area contributed by atoms with Crippen LogP contribution >= 0.6 is 11.3 Å². The van der Waals surface area contributed by atoms with Gasteiger partial charge in [0.1, 0.15) is 5.82 Å². The summed E-state index contributed by atoms with van der Waals surface area (Å²) in [5, 5.41) is 8.78. The maximum atomic E-state index is 13.4. The van der Waals surface area contributed by atoms with Crippen molar-refractivity contribution in [1.29, 1.82) is 0 Å². The van der Waals surface area contributed by atoms with Gasteiger partial charge in [0.15, 0.2) is 23.4 Å². The van der Waals surface area contributed by atoms with Crippen molar-refractivity contribution < 1.29 is 28.2 Å². The Morgan fingerprint density at radius 3 is 2.46 bits per heavy atom. The summed E-state index contributed by atoms with van der Waals surface area (Å²) >= 11 is 1.41. The van der Waals surface area contributed by atoms with E-state index >= 15 is 0 Å². The van der Waals surface area contributed by atoms with Crippen molar-refractivity contribution in [3.63, 3.8) is 0 Å². The molecular weight excluding hydrogens is 475 g/mol. The number of rotatable bonds is 8. The second kappa shape index (κ2) is 10.3. The Kier molecular flexibility index (Phi) is 7.06. The summed E-state index contributed by atoms with van der Waals surface area (Å²) in [7, 11) is 2.99. The number of amides is 1. The Bertz CT molecular complexity index is 1340. The molecule has 0 bridgehead atoms. The Labute approximate surface area is 204 Å². The van der Waals surface area contributed by atoms with E-state index in [9.17, 15) is 14.0 Å². The van der Waals surface area contributed by atoms with Crippen LogP contribution in [0.5, 0.6) is 11.5 Å². The van der Waals surface area contributed by atoms with Crippen LogP contribution in [0.4, 0.5) is 10.1 Å². The SMILES string of the molecule is COc1ccc(NC(=O)C(C)OC(=O)c2nc(-c3cccs3)n(-c3ccc(F)cc3)n2)cc1OC. The molecular formula is C24H21FN4O5S. The van der Waals surface area contributed by atoms with Crippen molar-refractivity contribution in [1.82, 2.24) is 14.8 Å². The van der Waals surface area contributed by atoms with Crippen molar-refractivity contribution >= 4 is 28.9 Å². The Hall–Kier alpha value is -4.25. The van der Waals surface area contributed by atoms with Gasteiger partial charge in [0.25, 0.3) is 11.7 Å². The minimum Gasteiger partial charge on any atom is -0.493 e. The Balaban J connectivity index is 1.52. The molecule has 35 heavy (non-hydrogen) atoms. The molecule has 1 unspecified atom stereocenters. The summed E-state index contributed by atoms with van der Waals surface area (Å²) in [6.45, 7) is 1.44. The van der Waals surface area contributed by atoms with E-state index in [0.29, 0.717) is 28.7 Å². The highest BCUT2D eigenvalue weighted by Gasteiger charge is 2.25. The van der Waals surface area contributed by atoms with E-state index in [1.165, 1.54) is 61.4 Å². The van der Waals surface area contributed by atoms with Crippen molar-refractivity contribution in [2.24, 2.45) is 0 Å². The molecule has 2 heterocycles. The highest BCUT2D eigenvalue weighted by molar-refractivity contribution is 7.13. The number of carbonyl (C=O) groups is 2. The fourth-order valence-electron chi connectivity index (χ4n) is 3.15. The lowest BCUT2D eigenvalue weighted by atomic mass is 10.2. The highest BCUT2D eigenvalue weighted by atomic mass is 32.1. The number of thiophene rings is 1. The number of halogens is 1. The van der Waals surface area contributed by atoms with Gasteiger partial charge in [-0.1, -0.05) is 6.07 Å². The first kappa shape index (κ1) is 23.9. The first-order valence-corrected chi connectivity index (χ1v) is 11.3. The normalized spacial score (nSPS) is 11.5. The Morgan fingerprint density at radius 1 is 1.06 bits per heavy atom. The predicted octanol–water partition coefficient (Wildman–Crippen LogP) is 4.34. The minimum absolute atomic E-state index is 0.233. The minimum atomic E-state index is -1.14. The van der Waals surface area contributed by atoms with Gasteiger partial charge in [-0.05, 0) is 54.8 Å². The number of carbonyl (C=O) groups excluding carboxylic acids is 2. The molecule has 0 saturated heterocycles. The number of aromatic nitrogens is 3. The number of hydrogen-bond donors (Lipinski definition) is 1. The monoisotopic (exact) mass is 496 g/mol. The van der Waals surface area contributed by atoms with Crippen LogP contribution in [0.1, 0.15) is 17.5 Å². The van der Waals surface area contributed by atoms with E-state index in [1.54, 1.807) is 18.2 Å². The lowest BCUT2D eigenvalue weighted by Crippen LogP contribution is -2.30. The van der Waals surface area contributed by atoms with Gasteiger partial charge in [0.2, 0.25) is 0 Å². The van der Waals surface area contributed by atoms with Gasteiger partial charge >= 0.3 is 5.97 Å². The van der Waals surface area contributed by atoms with Gasteiger partial charge in [-0.2, -0.15) is 4.98 Å². The number of benzene rings is 2. The molecule has 4 rings (SSSR count). The zero-order chi connectivity index (χ0) is 24.9. The average Bonchev–Trinajstić information content (AvgIpc) is 3.54. The van der Waals surface area contributed by atoms with Crippen LogP contribution in [0.2, 0.25) is 0 Å². The predicted molar refractivity (Wildman–Crippen MR) is 128 cm³/mol. The largest absolute Gasteiger partial charge is 0.493 e. The number of esters is 1. The van der Waals surface area contributed by atoms with Crippen molar-refractivity contribution in [3.05, 3.63) is 71.6 Å². The summed E-state index contributed by atoms with van der Waals surface area (Å²) < 4.78 is 30.5. The summed E-state index contributed by atoms with van der Waals surface area (Å²) in [5.74, 6) is -0.730. The fourth-order valence-corrected chi connectivity index (χ4v) is 3.85. The molecule has 180 valence electrons. The Morgan fingerprint density at radius 2 is 1.80 bits per heavy atom. The zero-order valence-corrected chi connectivity index (χ0v) is 19.8. The van der Waals surface area contributed by atoms with E-state index in [-0.39, 0.29) is 5.82 Å². The van der Waals surface area contributed by atoms with Crippen LogP contribution in [-0.2, 0) is 9.53 Å². The smallest absolute Gasteiger partial charge is 0.379 e. The summed E-state index contributed by atoms with van der Waals surface area (Å²) in [6.07, 6.45) is -1.14. The molecule has 2 aromatic heterocycles. The first-order valence-electron chi connectivity index (χ1n) is 10.4. The van der Waals surface area contributed by atoms with Crippen LogP contribution in [0.25, 0.3) is 16.4 Å². The topological polar surface area (TPSA) is 105 Å². The van der Waals surface area contributed by atoms with E-state index in [2.05, 4.69) is 15.4 Å². The van der Waals surface area contributed by atoms with Gasteiger partial charge in [0.05, 0.1) is 24.8 Å². The first-order chi connectivity index (χ1) is 16.9. The molecule has 1 atom stereocenters. The number of hydrogen-bond acceptors (Lipinski definition) is 8. The molecule has 1 amide bonds. The number of nitrogens with zero attached hydrogens (tertiary/aromatic N) is 3. The third kappa shape index (κ3) is 5.30. The maximum Gasteiger partial charge on any atom is 0.379 e. The lowest BCUT2D eigenvalue weighted by molar-refractivity contribution is -0.123. The molecule has 9 nitrogen and oxygen atoms in total. The quantitative estimate of drug-likeness (QED) is 0.362. The van der Waals surface area contributed by atoms with Crippen LogP contribution in [0.15, 0.2) is 60.0 Å². The summed E-state index contributed by atoms with van der Waals surface area (Å²) in [4.78, 5) is 30.5. The van der Waals surface area contributed by atoms with E-state index in [1.807, 2.05) is 17.5 Å². The van der Waals surface area contributed by atoms with Gasteiger partial charge in [0, 0.05) is 11.8 Å². The van der Waals surface area contributed by atoms with Crippen LogP contribution in [0, 0.1) is 5.82 Å². The number of ether oxygens (including phenoxy) is 3. The molecule has 0 aliphatic rings. The van der Waals surface area contributed by atoms with Crippen molar-refractivity contribution in [3.8, 4) is 27.9 Å². The molecule has 0 aliphatic carbocycles. The van der Waals surface area contributed by atoms with Crippen LogP contribution in [0.3, 0.4) is 0 Å². The van der Waals surface area contributed by atoms with E-state index < -0.39 is 23.8 Å². The van der Waals surface area contributed by atoms with E-state index in [0.717, 1.165) is 4.88 Å². The number of anilines is 1. The highest BCUT2D eigenvalue weighted by Crippen LogP contribution is 2.30. The second-order valence-electron chi connectivity index (χ2n) is 7.23. The molecule has 0 spiro atoms. The molecule has 0 saturated carbocycles. The van der Waals surface area contributed by atoms with Gasteiger partial charge in [-0.3, -0.25) is 4.79 Å². The number of methoxy groups -OCH3 is 2. The lowest BCUT2D eigenvalue weighted by Gasteiger charge is -2.14. The summed E-state index contributed by atoms with van der Waals surface area (Å²) in [5.41, 5.74) is 0.954. The molecule has 4 aromatic rings. The average molecular weight is 497 g/mol. The van der Waals surface area contributed by atoms with Crippen LogP contribution in [-0.4, -0.2) is 47.0 Å². The molecule has 2 aromatic carbocycles.